The Hall–Kier alpha value is -3.44. The van der Waals surface area contributed by atoms with E-state index in [1.54, 1.807) is 12.7 Å². The van der Waals surface area contributed by atoms with Gasteiger partial charge in [0.1, 0.15) is 18.7 Å². The van der Waals surface area contributed by atoms with Crippen molar-refractivity contribution in [2.45, 2.75) is 50.7 Å². The van der Waals surface area contributed by atoms with E-state index >= 15 is 0 Å². The zero-order valence-corrected chi connectivity index (χ0v) is 24.1. The molecule has 9 nitrogen and oxygen atoms in total. The van der Waals surface area contributed by atoms with Gasteiger partial charge in [0.2, 0.25) is 0 Å². The third-order valence-corrected chi connectivity index (χ3v) is 12.2. The van der Waals surface area contributed by atoms with Crippen molar-refractivity contribution in [2.75, 3.05) is 20.7 Å². The van der Waals surface area contributed by atoms with Crippen LogP contribution in [-0.2, 0) is 9.16 Å². The largest absolute Gasteiger partial charge is 0.405 e. The van der Waals surface area contributed by atoms with Gasteiger partial charge in [0.05, 0.1) is 25.4 Å². The smallest absolute Gasteiger partial charge is 0.261 e. The van der Waals surface area contributed by atoms with E-state index in [1.165, 1.54) is 16.7 Å². The van der Waals surface area contributed by atoms with Crippen LogP contribution in [0.3, 0.4) is 0 Å². The minimum atomic E-state index is -2.76. The zero-order chi connectivity index (χ0) is 27.6. The van der Waals surface area contributed by atoms with E-state index in [-0.39, 0.29) is 11.6 Å². The number of ether oxygens (including phenoxy) is 1. The van der Waals surface area contributed by atoms with Gasteiger partial charge in [-0.2, -0.15) is 0 Å². The van der Waals surface area contributed by atoms with Crippen molar-refractivity contribution < 1.29 is 14.3 Å². The molecule has 0 amide bonds. The number of hydrogen-bond donors (Lipinski definition) is 1. The van der Waals surface area contributed by atoms with E-state index in [2.05, 4.69) is 89.2 Å². The standard InChI is InChI=1S/C29H36N6O3Si/c1-29(2,3)39(21-12-8-6-9-13-21,22-14-10-7-11-15-22)37-17-24-23(36)16-25(38-24)35-20-32-26-27(33-19-34(4)5)30-18-31-28(26)35/h6-15,18-20,23-25,36H,16-17H2,1-5H3/t23?,24-,25-/m1/s1. The van der Waals surface area contributed by atoms with E-state index in [0.29, 0.717) is 23.4 Å². The highest BCUT2D eigenvalue weighted by molar-refractivity contribution is 6.99. The van der Waals surface area contributed by atoms with Gasteiger partial charge in [-0.05, 0) is 15.4 Å². The summed E-state index contributed by atoms with van der Waals surface area (Å²) >= 11 is 0. The molecule has 2 aromatic heterocycles. The number of fused-ring (bicyclic) bond motifs is 1. The number of aliphatic hydroxyl groups excluding tert-OH is 1. The van der Waals surface area contributed by atoms with Crippen LogP contribution in [0.1, 0.15) is 33.4 Å². The lowest BCUT2D eigenvalue weighted by atomic mass is 10.2. The van der Waals surface area contributed by atoms with E-state index in [4.69, 9.17) is 9.16 Å². The maximum atomic E-state index is 11.1. The molecule has 39 heavy (non-hydrogen) atoms. The molecule has 3 heterocycles. The number of aromatic nitrogens is 4. The predicted molar refractivity (Wildman–Crippen MR) is 155 cm³/mol. The summed E-state index contributed by atoms with van der Waals surface area (Å²) in [5, 5.41) is 13.3. The maximum Gasteiger partial charge on any atom is 0.261 e. The van der Waals surface area contributed by atoms with Crippen LogP contribution < -0.4 is 10.4 Å². The molecular formula is C29H36N6O3Si. The van der Waals surface area contributed by atoms with E-state index in [9.17, 15) is 5.11 Å². The number of aliphatic hydroxyl groups is 1. The second kappa shape index (κ2) is 11.0. The monoisotopic (exact) mass is 544 g/mol. The lowest BCUT2D eigenvalue weighted by Crippen LogP contribution is -2.67. The summed E-state index contributed by atoms with van der Waals surface area (Å²) in [6.07, 6.45) is 3.60. The second-order valence-corrected chi connectivity index (χ2v) is 15.4. The zero-order valence-electron chi connectivity index (χ0n) is 23.1. The number of benzene rings is 2. The first-order valence-corrected chi connectivity index (χ1v) is 15.1. The molecule has 2 aromatic carbocycles. The number of imidazole rings is 1. The molecular weight excluding hydrogens is 508 g/mol. The third-order valence-electron chi connectivity index (χ3n) is 7.15. The summed E-state index contributed by atoms with van der Waals surface area (Å²) in [5.41, 5.74) is 1.20. The van der Waals surface area contributed by atoms with Gasteiger partial charge in [0, 0.05) is 20.5 Å². The average Bonchev–Trinajstić information content (AvgIpc) is 3.52. The Balaban J connectivity index is 1.42. The first-order valence-electron chi connectivity index (χ1n) is 13.2. The Kier molecular flexibility index (Phi) is 7.63. The number of nitrogens with zero attached hydrogens (tertiary/aromatic N) is 6. The van der Waals surface area contributed by atoms with Gasteiger partial charge < -0.3 is 19.2 Å². The van der Waals surface area contributed by atoms with Gasteiger partial charge in [-0.1, -0.05) is 81.4 Å². The minimum absolute atomic E-state index is 0.167. The molecule has 204 valence electrons. The van der Waals surface area contributed by atoms with Gasteiger partial charge in [-0.3, -0.25) is 4.57 Å². The summed E-state index contributed by atoms with van der Waals surface area (Å²) < 4.78 is 15.3. The molecule has 10 heteroatoms. The minimum Gasteiger partial charge on any atom is -0.405 e. The normalized spacial score (nSPS) is 20.2. The Labute approximate surface area is 230 Å². The van der Waals surface area contributed by atoms with Crippen molar-refractivity contribution in [3.63, 3.8) is 0 Å². The Morgan fingerprint density at radius 3 is 2.28 bits per heavy atom. The SMILES string of the molecule is CN(C)C=Nc1ncnc2c1ncn2[C@H]1CC(O)[C@@H](CO[Si](c2ccccc2)(c2ccccc2)C(C)(C)C)O1. The first kappa shape index (κ1) is 27.1. The third kappa shape index (κ3) is 5.25. The number of rotatable bonds is 8. The van der Waals surface area contributed by atoms with Gasteiger partial charge in [-0.25, -0.2) is 19.9 Å². The second-order valence-electron chi connectivity index (χ2n) is 11.1. The first-order chi connectivity index (χ1) is 18.7. The van der Waals surface area contributed by atoms with Crippen LogP contribution in [0, 0.1) is 0 Å². The molecule has 4 aromatic rings. The lowest BCUT2D eigenvalue weighted by molar-refractivity contribution is -0.0398. The predicted octanol–water partition coefficient (Wildman–Crippen LogP) is 3.27. The van der Waals surface area contributed by atoms with Crippen LogP contribution in [0.15, 0.2) is 78.3 Å². The van der Waals surface area contributed by atoms with E-state index in [0.717, 1.165) is 0 Å². The molecule has 1 aliphatic heterocycles. The van der Waals surface area contributed by atoms with Crippen molar-refractivity contribution in [1.29, 1.82) is 0 Å². The fourth-order valence-electron chi connectivity index (χ4n) is 5.32. The van der Waals surface area contributed by atoms with Crippen molar-refractivity contribution in [2.24, 2.45) is 4.99 Å². The number of aliphatic imine (C=N–C) groups is 1. The Morgan fingerprint density at radius 2 is 1.69 bits per heavy atom. The summed E-state index contributed by atoms with van der Waals surface area (Å²) in [7, 11) is 1.03. The van der Waals surface area contributed by atoms with E-state index < -0.39 is 26.8 Å². The van der Waals surface area contributed by atoms with Gasteiger partial charge in [-0.15, -0.1) is 0 Å². The van der Waals surface area contributed by atoms with Crippen molar-refractivity contribution >= 4 is 42.0 Å². The molecule has 1 N–H and O–H groups in total. The topological polar surface area (TPSA) is 97.9 Å². The Morgan fingerprint density at radius 1 is 1.05 bits per heavy atom. The molecule has 0 bridgehead atoms. The van der Waals surface area contributed by atoms with Crippen LogP contribution in [-0.4, -0.2) is 77.1 Å². The molecule has 3 atom stereocenters. The fraction of sp³-hybridized carbons (Fsp3) is 0.379. The van der Waals surface area contributed by atoms with Gasteiger partial charge in [0.15, 0.2) is 17.0 Å². The molecule has 1 saturated heterocycles. The van der Waals surface area contributed by atoms with Gasteiger partial charge >= 0.3 is 0 Å². The highest BCUT2D eigenvalue weighted by atomic mass is 28.4. The Bertz CT molecular complexity index is 1380. The van der Waals surface area contributed by atoms with Crippen LogP contribution in [0.2, 0.25) is 5.04 Å². The molecule has 0 saturated carbocycles. The lowest BCUT2D eigenvalue weighted by Gasteiger charge is -2.43. The molecule has 1 fully saturated rings. The summed E-state index contributed by atoms with van der Waals surface area (Å²) in [4.78, 5) is 19.5. The summed E-state index contributed by atoms with van der Waals surface area (Å²) in [6, 6.07) is 21.0. The number of hydrogen-bond acceptors (Lipinski definition) is 7. The molecule has 5 rings (SSSR count). The molecule has 0 aliphatic carbocycles. The molecule has 1 aliphatic rings. The van der Waals surface area contributed by atoms with Crippen LogP contribution >= 0.6 is 0 Å². The fourth-order valence-corrected chi connectivity index (χ4v) is 9.89. The summed E-state index contributed by atoms with van der Waals surface area (Å²) in [5.74, 6) is 0.484. The molecule has 0 spiro atoms. The maximum absolute atomic E-state index is 11.1. The van der Waals surface area contributed by atoms with Crippen LogP contribution in [0.4, 0.5) is 5.82 Å². The quantitative estimate of drug-likeness (QED) is 0.207. The van der Waals surface area contributed by atoms with Crippen molar-refractivity contribution in [3.8, 4) is 0 Å². The van der Waals surface area contributed by atoms with Gasteiger partial charge in [0.25, 0.3) is 8.32 Å². The summed E-state index contributed by atoms with van der Waals surface area (Å²) in [6.45, 7) is 6.98. The molecule has 0 radical (unpaired) electrons. The van der Waals surface area contributed by atoms with Crippen molar-refractivity contribution in [1.82, 2.24) is 24.4 Å². The van der Waals surface area contributed by atoms with E-state index in [1.807, 2.05) is 35.7 Å². The molecule has 1 unspecified atom stereocenters. The highest BCUT2D eigenvalue weighted by Gasteiger charge is 2.51. The average molecular weight is 545 g/mol. The van der Waals surface area contributed by atoms with Crippen molar-refractivity contribution in [3.05, 3.63) is 73.3 Å². The van der Waals surface area contributed by atoms with Crippen LogP contribution in [0.25, 0.3) is 11.2 Å². The van der Waals surface area contributed by atoms with Crippen LogP contribution in [0.5, 0.6) is 0 Å². The highest BCUT2D eigenvalue weighted by Crippen LogP contribution is 2.38.